The molecule has 0 saturated carbocycles. The van der Waals surface area contributed by atoms with Crippen LogP contribution in [0.15, 0.2) is 71.9 Å². The quantitative estimate of drug-likeness (QED) is 0.307. The number of nitrogens with one attached hydrogen (secondary N) is 2. The Morgan fingerprint density at radius 1 is 0.932 bits per heavy atom. The summed E-state index contributed by atoms with van der Waals surface area (Å²) in [4.78, 5) is 29.7. The summed E-state index contributed by atoms with van der Waals surface area (Å²) in [5.74, 6) is 2.08. The highest BCUT2D eigenvalue weighted by Crippen LogP contribution is 2.50. The number of allylic oxidation sites excluding steroid dienone is 1. The van der Waals surface area contributed by atoms with Gasteiger partial charge >= 0.3 is 0 Å². The lowest BCUT2D eigenvalue weighted by Crippen LogP contribution is -2.42. The van der Waals surface area contributed by atoms with Crippen molar-refractivity contribution in [3.63, 3.8) is 0 Å². The van der Waals surface area contributed by atoms with Crippen LogP contribution in [0.25, 0.3) is 0 Å². The van der Waals surface area contributed by atoms with Gasteiger partial charge in [0, 0.05) is 24.2 Å². The number of anilines is 2. The van der Waals surface area contributed by atoms with Gasteiger partial charge in [-0.2, -0.15) is 0 Å². The second-order valence-corrected chi connectivity index (χ2v) is 11.9. The molecule has 0 spiro atoms. The third-order valence-corrected chi connectivity index (χ3v) is 8.22. The molecule has 0 fully saturated rings. The molecule has 2 aliphatic rings. The Hall–Kier alpha value is -4.66. The SMILES string of the molecule is COc1ccc(CCNC(=O)CN2c3ccccc3NC3=C(C(=O)CC(C)(C)C3)C2c2cc(OC)c(OC)c(OC)c2)cc1. The van der Waals surface area contributed by atoms with E-state index in [9.17, 15) is 9.59 Å². The second kappa shape index (κ2) is 12.9. The van der Waals surface area contributed by atoms with Crippen LogP contribution in [-0.4, -0.2) is 53.2 Å². The van der Waals surface area contributed by atoms with E-state index in [4.69, 9.17) is 18.9 Å². The number of amides is 1. The van der Waals surface area contributed by atoms with E-state index in [1.54, 1.807) is 28.4 Å². The van der Waals surface area contributed by atoms with E-state index >= 15 is 0 Å². The molecule has 9 nitrogen and oxygen atoms in total. The van der Waals surface area contributed by atoms with Crippen molar-refractivity contribution < 1.29 is 28.5 Å². The molecule has 1 aliphatic carbocycles. The molecule has 1 aliphatic heterocycles. The van der Waals surface area contributed by atoms with Gasteiger partial charge in [-0.05, 0) is 65.8 Å². The minimum Gasteiger partial charge on any atom is -0.497 e. The first-order chi connectivity index (χ1) is 21.2. The monoisotopic (exact) mass is 599 g/mol. The van der Waals surface area contributed by atoms with Crippen LogP contribution in [0.4, 0.5) is 11.4 Å². The third-order valence-electron chi connectivity index (χ3n) is 8.22. The first-order valence-electron chi connectivity index (χ1n) is 14.8. The van der Waals surface area contributed by atoms with Gasteiger partial charge in [-0.25, -0.2) is 0 Å². The number of rotatable bonds is 10. The highest BCUT2D eigenvalue weighted by atomic mass is 16.5. The molecule has 232 valence electrons. The molecule has 1 heterocycles. The van der Waals surface area contributed by atoms with E-state index in [2.05, 4.69) is 24.5 Å². The Bertz CT molecular complexity index is 1540. The molecule has 9 heteroatoms. The molecule has 1 unspecified atom stereocenters. The molecule has 0 saturated heterocycles. The molecule has 3 aromatic rings. The second-order valence-electron chi connectivity index (χ2n) is 11.9. The summed E-state index contributed by atoms with van der Waals surface area (Å²) < 4.78 is 22.3. The van der Waals surface area contributed by atoms with Gasteiger partial charge in [0.25, 0.3) is 0 Å². The Balaban J connectivity index is 1.56. The molecule has 1 amide bonds. The number of fused-ring (bicyclic) bond motifs is 1. The van der Waals surface area contributed by atoms with E-state index in [0.29, 0.717) is 48.6 Å². The maximum atomic E-state index is 14.0. The van der Waals surface area contributed by atoms with Crippen molar-refractivity contribution in [2.75, 3.05) is 51.7 Å². The summed E-state index contributed by atoms with van der Waals surface area (Å²) in [5.41, 5.74) is 4.79. The van der Waals surface area contributed by atoms with Gasteiger partial charge < -0.3 is 34.5 Å². The van der Waals surface area contributed by atoms with E-state index in [1.807, 2.05) is 65.6 Å². The maximum Gasteiger partial charge on any atom is 0.239 e. The first-order valence-corrected chi connectivity index (χ1v) is 14.8. The molecule has 2 N–H and O–H groups in total. The Morgan fingerprint density at radius 3 is 2.25 bits per heavy atom. The highest BCUT2D eigenvalue weighted by Gasteiger charge is 2.42. The molecule has 1 atom stereocenters. The number of hydrogen-bond acceptors (Lipinski definition) is 8. The summed E-state index contributed by atoms with van der Waals surface area (Å²) in [6.45, 7) is 4.70. The Kier molecular flexibility index (Phi) is 9.04. The number of ether oxygens (including phenoxy) is 4. The number of carbonyl (C=O) groups excluding carboxylic acids is 2. The lowest BCUT2D eigenvalue weighted by atomic mass is 9.73. The van der Waals surface area contributed by atoms with Crippen molar-refractivity contribution >= 4 is 23.1 Å². The fourth-order valence-electron chi connectivity index (χ4n) is 6.18. The Labute approximate surface area is 259 Å². The molecule has 0 aromatic heterocycles. The zero-order chi connectivity index (χ0) is 31.4. The van der Waals surface area contributed by atoms with Crippen LogP contribution in [0.2, 0.25) is 0 Å². The molecule has 0 bridgehead atoms. The van der Waals surface area contributed by atoms with Crippen LogP contribution in [0, 0.1) is 5.41 Å². The standard InChI is InChI=1S/C35H41N3O6/c1-35(2)19-26-32(28(39)20-35)33(23-17-29(42-4)34(44-6)30(18-23)43-5)38(27-10-8-7-9-25(27)37-26)21-31(40)36-16-15-22-11-13-24(41-3)14-12-22/h7-14,17-18,33,37H,15-16,19-21H2,1-6H3,(H,36,40). The molecule has 5 rings (SSSR count). The van der Waals surface area contributed by atoms with Gasteiger partial charge in [0.2, 0.25) is 11.7 Å². The largest absolute Gasteiger partial charge is 0.497 e. The van der Waals surface area contributed by atoms with Crippen molar-refractivity contribution in [3.05, 3.63) is 83.1 Å². The van der Waals surface area contributed by atoms with E-state index in [0.717, 1.165) is 33.9 Å². The van der Waals surface area contributed by atoms with Crippen LogP contribution >= 0.6 is 0 Å². The number of hydrogen-bond donors (Lipinski definition) is 2. The molecule has 0 radical (unpaired) electrons. The third kappa shape index (κ3) is 6.32. The lowest BCUT2D eigenvalue weighted by molar-refractivity contribution is -0.120. The Morgan fingerprint density at radius 2 is 1.61 bits per heavy atom. The average molecular weight is 600 g/mol. The summed E-state index contributed by atoms with van der Waals surface area (Å²) >= 11 is 0. The van der Waals surface area contributed by atoms with Crippen LogP contribution in [0.3, 0.4) is 0 Å². The number of Topliss-reactive ketones (excluding diaryl/α,β-unsaturated/α-hetero) is 1. The highest BCUT2D eigenvalue weighted by molar-refractivity contribution is 6.02. The number of carbonyl (C=O) groups is 2. The molecule has 44 heavy (non-hydrogen) atoms. The van der Waals surface area contributed by atoms with Crippen LogP contribution in [-0.2, 0) is 16.0 Å². The predicted molar refractivity (Wildman–Crippen MR) is 171 cm³/mol. The van der Waals surface area contributed by atoms with Gasteiger partial charge in [0.15, 0.2) is 17.3 Å². The number of nitrogens with zero attached hydrogens (tertiary/aromatic N) is 1. The number of benzene rings is 3. The van der Waals surface area contributed by atoms with Gasteiger partial charge in [0.1, 0.15) is 5.75 Å². The van der Waals surface area contributed by atoms with Crippen LogP contribution < -0.4 is 34.5 Å². The topological polar surface area (TPSA) is 98.4 Å². The molecular weight excluding hydrogens is 558 g/mol. The fraction of sp³-hybridized carbons (Fsp3) is 0.371. The summed E-state index contributed by atoms with van der Waals surface area (Å²) in [7, 11) is 6.33. The van der Waals surface area contributed by atoms with Crippen molar-refractivity contribution in [3.8, 4) is 23.0 Å². The summed E-state index contributed by atoms with van der Waals surface area (Å²) in [6, 6.07) is 18.8. The van der Waals surface area contributed by atoms with Crippen LogP contribution in [0.5, 0.6) is 23.0 Å². The number of methoxy groups -OCH3 is 4. The van der Waals surface area contributed by atoms with E-state index in [1.165, 1.54) is 0 Å². The number of ketones is 1. The molecule has 3 aromatic carbocycles. The van der Waals surface area contributed by atoms with E-state index in [-0.39, 0.29) is 23.7 Å². The lowest BCUT2D eigenvalue weighted by Gasteiger charge is -2.38. The average Bonchev–Trinajstić information content (AvgIpc) is 3.14. The van der Waals surface area contributed by atoms with Crippen molar-refractivity contribution in [2.45, 2.75) is 39.2 Å². The fourth-order valence-corrected chi connectivity index (χ4v) is 6.18. The van der Waals surface area contributed by atoms with Gasteiger partial charge in [-0.15, -0.1) is 0 Å². The van der Waals surface area contributed by atoms with Crippen molar-refractivity contribution in [1.29, 1.82) is 0 Å². The van der Waals surface area contributed by atoms with Crippen LogP contribution in [0.1, 0.15) is 43.9 Å². The van der Waals surface area contributed by atoms with Gasteiger partial charge in [-0.1, -0.05) is 38.1 Å². The van der Waals surface area contributed by atoms with Crippen molar-refractivity contribution in [1.82, 2.24) is 5.32 Å². The zero-order valence-corrected chi connectivity index (χ0v) is 26.3. The van der Waals surface area contributed by atoms with Gasteiger partial charge in [0.05, 0.1) is 52.4 Å². The number of para-hydroxylation sites is 2. The normalized spacial score (nSPS) is 17.1. The smallest absolute Gasteiger partial charge is 0.239 e. The zero-order valence-electron chi connectivity index (χ0n) is 26.3. The van der Waals surface area contributed by atoms with E-state index < -0.39 is 6.04 Å². The van der Waals surface area contributed by atoms with Gasteiger partial charge in [-0.3, -0.25) is 9.59 Å². The minimum absolute atomic E-state index is 0.0239. The predicted octanol–water partition coefficient (Wildman–Crippen LogP) is 5.70. The summed E-state index contributed by atoms with van der Waals surface area (Å²) in [5, 5.41) is 6.68. The minimum atomic E-state index is -0.592. The molecular formula is C35H41N3O6. The van der Waals surface area contributed by atoms with Crippen molar-refractivity contribution in [2.24, 2.45) is 5.41 Å². The maximum absolute atomic E-state index is 14.0. The first kappa shape index (κ1) is 30.8. The summed E-state index contributed by atoms with van der Waals surface area (Å²) in [6.07, 6.45) is 1.75.